The van der Waals surface area contributed by atoms with Crippen molar-refractivity contribution in [1.82, 2.24) is 10.4 Å². The normalized spacial score (nSPS) is 10.6. The molecular weight excluding hydrogens is 338 g/mol. The molecule has 1 heterocycles. The van der Waals surface area contributed by atoms with Crippen molar-refractivity contribution in [2.75, 3.05) is 7.11 Å². The highest BCUT2D eigenvalue weighted by Crippen LogP contribution is 2.33. The number of rotatable bonds is 4. The molecule has 7 heteroatoms. The molecule has 2 rings (SSSR count). The zero-order valence-corrected chi connectivity index (χ0v) is 12.7. The number of phenolic OH excluding ortho intramolecular Hbond substituents is 1. The molecule has 0 saturated heterocycles. The summed E-state index contributed by atoms with van der Waals surface area (Å²) in [6, 6.07) is 6.48. The van der Waals surface area contributed by atoms with Crippen LogP contribution >= 0.6 is 15.9 Å². The van der Waals surface area contributed by atoms with Gasteiger partial charge < -0.3 is 9.84 Å². The van der Waals surface area contributed by atoms with Crippen LogP contribution in [0.1, 0.15) is 15.9 Å². The average molecular weight is 350 g/mol. The zero-order valence-electron chi connectivity index (χ0n) is 11.1. The Morgan fingerprint density at radius 2 is 2.10 bits per heavy atom. The quantitative estimate of drug-likeness (QED) is 0.655. The van der Waals surface area contributed by atoms with Gasteiger partial charge in [-0.05, 0) is 40.2 Å². The van der Waals surface area contributed by atoms with Crippen LogP contribution in [0, 0.1) is 0 Å². The number of halogens is 1. The van der Waals surface area contributed by atoms with Crippen molar-refractivity contribution in [3.05, 3.63) is 52.3 Å². The van der Waals surface area contributed by atoms with Crippen LogP contribution in [0.5, 0.6) is 11.5 Å². The number of amides is 1. The molecule has 0 spiro atoms. The van der Waals surface area contributed by atoms with Gasteiger partial charge in [0.2, 0.25) is 0 Å². The summed E-state index contributed by atoms with van der Waals surface area (Å²) in [5, 5.41) is 13.8. The monoisotopic (exact) mass is 349 g/mol. The maximum absolute atomic E-state index is 11.8. The third-order valence-corrected chi connectivity index (χ3v) is 3.34. The number of aromatic hydroxyl groups is 1. The number of benzene rings is 1. The molecule has 0 unspecified atom stereocenters. The maximum atomic E-state index is 11.8. The smallest absolute Gasteiger partial charge is 0.271 e. The van der Waals surface area contributed by atoms with E-state index in [1.54, 1.807) is 24.3 Å². The first kappa shape index (κ1) is 15.0. The Hall–Kier alpha value is -2.41. The summed E-state index contributed by atoms with van der Waals surface area (Å²) in [5.74, 6) is -0.110. The lowest BCUT2D eigenvalue weighted by atomic mass is 10.2. The van der Waals surface area contributed by atoms with Crippen molar-refractivity contribution in [3.63, 3.8) is 0 Å². The number of carbonyl (C=O) groups is 1. The van der Waals surface area contributed by atoms with E-state index in [4.69, 9.17) is 4.74 Å². The number of hydrogen-bond donors (Lipinski definition) is 2. The van der Waals surface area contributed by atoms with Gasteiger partial charge in [-0.25, -0.2) is 5.43 Å². The van der Waals surface area contributed by atoms with Gasteiger partial charge in [-0.15, -0.1) is 0 Å². The molecular formula is C14H12BrN3O3. The van der Waals surface area contributed by atoms with E-state index in [1.807, 2.05) is 0 Å². The number of pyridine rings is 1. The fourth-order valence-electron chi connectivity index (χ4n) is 1.57. The largest absolute Gasteiger partial charge is 0.504 e. The third kappa shape index (κ3) is 3.57. The van der Waals surface area contributed by atoms with Crippen LogP contribution in [0.3, 0.4) is 0 Å². The predicted molar refractivity (Wildman–Crippen MR) is 81.7 cm³/mol. The molecule has 0 fully saturated rings. The molecule has 1 aromatic heterocycles. The van der Waals surface area contributed by atoms with Crippen molar-refractivity contribution in [2.24, 2.45) is 5.10 Å². The molecule has 0 aliphatic rings. The van der Waals surface area contributed by atoms with Gasteiger partial charge in [0.05, 0.1) is 18.9 Å². The van der Waals surface area contributed by atoms with Crippen LogP contribution in [-0.4, -0.2) is 29.3 Å². The number of aromatic nitrogens is 1. The fourth-order valence-corrected chi connectivity index (χ4v) is 2.00. The number of carbonyl (C=O) groups excluding carboxylic acids is 1. The SMILES string of the molecule is COc1ccc(Br)c(/C=N/NC(=O)c2ccncc2)c1O. The molecule has 21 heavy (non-hydrogen) atoms. The number of hydrogen-bond acceptors (Lipinski definition) is 5. The fraction of sp³-hybridized carbons (Fsp3) is 0.0714. The molecule has 2 N–H and O–H groups in total. The van der Waals surface area contributed by atoms with Gasteiger partial charge in [0.1, 0.15) is 0 Å². The molecule has 0 atom stereocenters. The lowest BCUT2D eigenvalue weighted by molar-refractivity contribution is 0.0955. The topological polar surface area (TPSA) is 83.8 Å². The highest BCUT2D eigenvalue weighted by molar-refractivity contribution is 9.10. The van der Waals surface area contributed by atoms with Crippen LogP contribution in [0.15, 0.2) is 46.2 Å². The van der Waals surface area contributed by atoms with Crippen LogP contribution in [-0.2, 0) is 0 Å². The minimum absolute atomic E-state index is 0.0613. The third-order valence-electron chi connectivity index (χ3n) is 2.65. The second kappa shape index (κ2) is 6.85. The summed E-state index contributed by atoms with van der Waals surface area (Å²) in [6.45, 7) is 0. The number of ether oxygens (including phenoxy) is 1. The van der Waals surface area contributed by atoms with E-state index in [0.29, 0.717) is 21.3 Å². The maximum Gasteiger partial charge on any atom is 0.271 e. The molecule has 1 aromatic carbocycles. The summed E-state index contributed by atoms with van der Waals surface area (Å²) in [4.78, 5) is 15.6. The van der Waals surface area contributed by atoms with Gasteiger partial charge in [0.25, 0.3) is 5.91 Å². The number of hydrazone groups is 1. The van der Waals surface area contributed by atoms with Gasteiger partial charge >= 0.3 is 0 Å². The Bertz CT molecular complexity index is 675. The summed E-state index contributed by atoms with van der Waals surface area (Å²) >= 11 is 3.29. The molecule has 0 bridgehead atoms. The first-order chi connectivity index (χ1) is 10.1. The van der Waals surface area contributed by atoms with E-state index in [-0.39, 0.29) is 11.7 Å². The number of nitrogens with one attached hydrogen (secondary N) is 1. The van der Waals surface area contributed by atoms with Gasteiger partial charge in [-0.1, -0.05) is 0 Å². The summed E-state index contributed by atoms with van der Waals surface area (Å²) in [5.41, 5.74) is 3.22. The van der Waals surface area contributed by atoms with Crippen LogP contribution in [0.4, 0.5) is 0 Å². The van der Waals surface area contributed by atoms with Crippen molar-refractivity contribution in [1.29, 1.82) is 0 Å². The number of nitrogens with zero attached hydrogens (tertiary/aromatic N) is 2. The van der Waals surface area contributed by atoms with Gasteiger partial charge in [-0.3, -0.25) is 9.78 Å². The van der Waals surface area contributed by atoms with Crippen LogP contribution < -0.4 is 10.2 Å². The van der Waals surface area contributed by atoms with Gasteiger partial charge in [-0.2, -0.15) is 5.10 Å². The van der Waals surface area contributed by atoms with E-state index in [2.05, 4.69) is 31.4 Å². The zero-order chi connectivity index (χ0) is 15.2. The van der Waals surface area contributed by atoms with Crippen molar-refractivity contribution >= 4 is 28.1 Å². The Morgan fingerprint density at radius 3 is 2.76 bits per heavy atom. The van der Waals surface area contributed by atoms with Crippen molar-refractivity contribution in [3.8, 4) is 11.5 Å². The summed E-state index contributed by atoms with van der Waals surface area (Å²) < 4.78 is 5.64. The average Bonchev–Trinajstić information content (AvgIpc) is 2.51. The van der Waals surface area contributed by atoms with E-state index in [1.165, 1.54) is 25.7 Å². The van der Waals surface area contributed by atoms with E-state index in [0.717, 1.165) is 0 Å². The van der Waals surface area contributed by atoms with Crippen molar-refractivity contribution in [2.45, 2.75) is 0 Å². The highest BCUT2D eigenvalue weighted by atomic mass is 79.9. The predicted octanol–water partition coefficient (Wildman–Crippen LogP) is 2.32. The Morgan fingerprint density at radius 1 is 1.38 bits per heavy atom. The van der Waals surface area contributed by atoms with Crippen LogP contribution in [0.25, 0.3) is 0 Å². The Balaban J connectivity index is 2.14. The van der Waals surface area contributed by atoms with Gasteiger partial charge in [0.15, 0.2) is 11.5 Å². The molecule has 6 nitrogen and oxygen atoms in total. The molecule has 0 aliphatic heterocycles. The molecule has 0 aliphatic carbocycles. The lowest BCUT2D eigenvalue weighted by Crippen LogP contribution is -2.17. The summed E-state index contributed by atoms with van der Waals surface area (Å²) in [6.07, 6.45) is 4.37. The second-order valence-corrected chi connectivity index (χ2v) is 4.80. The van der Waals surface area contributed by atoms with Gasteiger partial charge in [0, 0.05) is 22.4 Å². The molecule has 1 amide bonds. The minimum atomic E-state index is -0.368. The first-order valence-electron chi connectivity index (χ1n) is 5.92. The van der Waals surface area contributed by atoms with E-state index >= 15 is 0 Å². The van der Waals surface area contributed by atoms with Crippen molar-refractivity contribution < 1.29 is 14.6 Å². The number of phenols is 1. The minimum Gasteiger partial charge on any atom is -0.504 e. The molecule has 2 aromatic rings. The van der Waals surface area contributed by atoms with Crippen LogP contribution in [0.2, 0.25) is 0 Å². The van der Waals surface area contributed by atoms with E-state index < -0.39 is 0 Å². The highest BCUT2D eigenvalue weighted by Gasteiger charge is 2.10. The Labute approximate surface area is 129 Å². The molecule has 108 valence electrons. The molecule has 0 saturated carbocycles. The Kier molecular flexibility index (Phi) is 4.89. The lowest BCUT2D eigenvalue weighted by Gasteiger charge is -2.07. The second-order valence-electron chi connectivity index (χ2n) is 3.95. The summed E-state index contributed by atoms with van der Waals surface area (Å²) in [7, 11) is 1.45. The number of methoxy groups -OCH3 is 1. The standard InChI is InChI=1S/C14H12BrN3O3/c1-21-12-3-2-11(15)10(13(12)19)8-17-18-14(20)9-4-6-16-7-5-9/h2-8,19H,1H3,(H,18,20)/b17-8+. The van der Waals surface area contributed by atoms with E-state index in [9.17, 15) is 9.90 Å². The first-order valence-corrected chi connectivity index (χ1v) is 6.71. The molecule has 0 radical (unpaired) electrons.